The largest absolute Gasteiger partial charge is 0.480 e. The maximum atomic E-state index is 11.3. The number of carbonyl (C=O) groups is 1. The van der Waals surface area contributed by atoms with Crippen LogP contribution in [0.1, 0.15) is 27.2 Å². The third-order valence-corrected chi connectivity index (χ3v) is 5.68. The molecule has 5 nitrogen and oxygen atoms in total. The molecule has 8 heteroatoms. The van der Waals surface area contributed by atoms with Gasteiger partial charge in [-0.2, -0.15) is 0 Å². The number of aliphatic carboxylic acids is 1. The van der Waals surface area contributed by atoms with E-state index in [1.807, 2.05) is 20.1 Å². The summed E-state index contributed by atoms with van der Waals surface area (Å²) in [6.45, 7) is 6.29. The third-order valence-electron chi connectivity index (χ3n) is 2.60. The van der Waals surface area contributed by atoms with Crippen molar-refractivity contribution in [2.45, 2.75) is 46.7 Å². The number of aromatic nitrogens is 2. The van der Waals surface area contributed by atoms with Gasteiger partial charge in [-0.3, -0.25) is 4.79 Å². The van der Waals surface area contributed by atoms with Gasteiger partial charge in [0.25, 0.3) is 0 Å². The molecule has 0 radical (unpaired) electrons. The maximum absolute atomic E-state index is 11.3. The van der Waals surface area contributed by atoms with Gasteiger partial charge in [-0.15, -0.1) is 10.2 Å². The van der Waals surface area contributed by atoms with E-state index in [4.69, 9.17) is 0 Å². The van der Waals surface area contributed by atoms with E-state index in [2.05, 4.69) is 15.5 Å². The lowest BCUT2D eigenvalue weighted by molar-refractivity contribution is -0.144. The molecule has 0 aliphatic heterocycles. The second kappa shape index (κ2) is 7.47. The van der Waals surface area contributed by atoms with Crippen molar-refractivity contribution in [1.82, 2.24) is 15.5 Å². The van der Waals surface area contributed by atoms with Crippen LogP contribution in [0.5, 0.6) is 0 Å². The Balaban J connectivity index is 2.62. The maximum Gasteiger partial charge on any atom is 0.323 e. The molecule has 0 fully saturated rings. The molecule has 1 rings (SSSR count). The molecule has 0 saturated heterocycles. The zero-order chi connectivity index (χ0) is 14.5. The minimum absolute atomic E-state index is 0.155. The van der Waals surface area contributed by atoms with E-state index in [-0.39, 0.29) is 5.25 Å². The van der Waals surface area contributed by atoms with Crippen LogP contribution in [-0.4, -0.2) is 44.9 Å². The molecule has 108 valence electrons. The molecule has 0 aliphatic carbocycles. The summed E-state index contributed by atoms with van der Waals surface area (Å²) in [4.78, 5) is 11.3. The molecule has 0 bridgehead atoms. The Labute approximate surface area is 126 Å². The minimum atomic E-state index is -0.895. The number of thioether (sulfide) groups is 2. The van der Waals surface area contributed by atoms with Crippen molar-refractivity contribution >= 4 is 40.8 Å². The summed E-state index contributed by atoms with van der Waals surface area (Å²) >= 11 is 4.69. The summed E-state index contributed by atoms with van der Waals surface area (Å²) in [7, 11) is 0. The smallest absolute Gasteiger partial charge is 0.323 e. The van der Waals surface area contributed by atoms with Gasteiger partial charge in [0.1, 0.15) is 5.54 Å². The predicted octanol–water partition coefficient (Wildman–Crippen LogP) is 2.58. The molecule has 2 unspecified atom stereocenters. The van der Waals surface area contributed by atoms with Gasteiger partial charge in [0.2, 0.25) is 0 Å². The highest BCUT2D eigenvalue weighted by atomic mass is 32.2. The standard InChI is InChI=1S/C11H19N3O2S3/c1-5-12-11(3,8(15)16)6-7(2)18-10-14-13-9(17-4)19-10/h7,12H,5-6H2,1-4H3,(H,15,16). The zero-order valence-corrected chi connectivity index (χ0v) is 13.9. The topological polar surface area (TPSA) is 75.1 Å². The van der Waals surface area contributed by atoms with Gasteiger partial charge in [0.05, 0.1) is 0 Å². The number of carboxylic acid groups (broad SMARTS) is 1. The minimum Gasteiger partial charge on any atom is -0.480 e. The SMILES string of the molecule is CCNC(C)(CC(C)Sc1nnc(SC)s1)C(=O)O. The number of nitrogens with one attached hydrogen (secondary N) is 1. The second-order valence-electron chi connectivity index (χ2n) is 4.34. The van der Waals surface area contributed by atoms with Gasteiger partial charge in [-0.25, -0.2) is 0 Å². The highest BCUT2D eigenvalue weighted by Gasteiger charge is 2.34. The fourth-order valence-corrected chi connectivity index (χ4v) is 4.68. The first kappa shape index (κ1) is 16.7. The number of hydrogen-bond donors (Lipinski definition) is 2. The fraction of sp³-hybridized carbons (Fsp3) is 0.727. The Morgan fingerprint density at radius 3 is 2.63 bits per heavy atom. The van der Waals surface area contributed by atoms with Crippen LogP contribution in [0.25, 0.3) is 0 Å². The van der Waals surface area contributed by atoms with Crippen LogP contribution in [0.2, 0.25) is 0 Å². The first-order valence-electron chi connectivity index (χ1n) is 5.94. The molecule has 1 aromatic heterocycles. The van der Waals surface area contributed by atoms with Gasteiger partial charge in [-0.05, 0) is 26.1 Å². The van der Waals surface area contributed by atoms with Crippen LogP contribution >= 0.6 is 34.9 Å². The Bertz CT molecular complexity index is 427. The summed E-state index contributed by atoms with van der Waals surface area (Å²) in [5, 5.41) is 20.6. The highest BCUT2D eigenvalue weighted by molar-refractivity contribution is 8.03. The number of likely N-dealkylation sites (N-methyl/N-ethyl adjacent to an activating group) is 1. The van der Waals surface area contributed by atoms with Crippen molar-refractivity contribution < 1.29 is 9.90 Å². The first-order chi connectivity index (χ1) is 8.91. The Morgan fingerprint density at radius 2 is 2.16 bits per heavy atom. The molecule has 0 aromatic carbocycles. The lowest BCUT2D eigenvalue weighted by Gasteiger charge is -2.28. The number of hydrogen-bond acceptors (Lipinski definition) is 7. The highest BCUT2D eigenvalue weighted by Crippen LogP contribution is 2.33. The van der Waals surface area contributed by atoms with E-state index < -0.39 is 11.5 Å². The van der Waals surface area contributed by atoms with Crippen molar-refractivity contribution in [1.29, 1.82) is 0 Å². The molecule has 1 aromatic rings. The Kier molecular flexibility index (Phi) is 6.58. The number of rotatable bonds is 8. The summed E-state index contributed by atoms with van der Waals surface area (Å²) in [5.41, 5.74) is -0.895. The van der Waals surface area contributed by atoms with E-state index >= 15 is 0 Å². The van der Waals surface area contributed by atoms with Crippen LogP contribution in [-0.2, 0) is 4.79 Å². The van der Waals surface area contributed by atoms with E-state index in [9.17, 15) is 9.90 Å². The quantitative estimate of drug-likeness (QED) is 0.713. The fourth-order valence-electron chi connectivity index (χ4n) is 1.74. The molecule has 2 atom stereocenters. The van der Waals surface area contributed by atoms with E-state index in [1.54, 1.807) is 41.8 Å². The molecule has 0 spiro atoms. The summed E-state index contributed by atoms with van der Waals surface area (Å²) in [5.74, 6) is -0.816. The van der Waals surface area contributed by atoms with Gasteiger partial charge >= 0.3 is 5.97 Å². The number of carboxylic acids is 1. The second-order valence-corrected chi connectivity index (χ2v) is 8.05. The average Bonchev–Trinajstić information content (AvgIpc) is 2.76. The molecule has 0 amide bonds. The van der Waals surface area contributed by atoms with E-state index in [0.29, 0.717) is 13.0 Å². The van der Waals surface area contributed by atoms with Crippen LogP contribution in [0.3, 0.4) is 0 Å². The van der Waals surface area contributed by atoms with Crippen molar-refractivity contribution in [2.24, 2.45) is 0 Å². The third kappa shape index (κ3) is 4.94. The van der Waals surface area contributed by atoms with Gasteiger partial charge in [0.15, 0.2) is 8.68 Å². The monoisotopic (exact) mass is 321 g/mol. The average molecular weight is 321 g/mol. The van der Waals surface area contributed by atoms with E-state index in [0.717, 1.165) is 8.68 Å². The predicted molar refractivity (Wildman–Crippen MR) is 81.3 cm³/mol. The molecule has 0 aliphatic rings. The lowest BCUT2D eigenvalue weighted by Crippen LogP contribution is -2.50. The zero-order valence-electron chi connectivity index (χ0n) is 11.5. The normalized spacial score (nSPS) is 16.0. The van der Waals surface area contributed by atoms with Crippen molar-refractivity contribution in [2.75, 3.05) is 12.8 Å². The molecule has 0 saturated carbocycles. The summed E-state index contributed by atoms with van der Waals surface area (Å²) in [6, 6.07) is 0. The summed E-state index contributed by atoms with van der Waals surface area (Å²) in [6.07, 6.45) is 2.50. The Morgan fingerprint density at radius 1 is 1.53 bits per heavy atom. The number of nitrogens with zero attached hydrogens (tertiary/aromatic N) is 2. The van der Waals surface area contributed by atoms with E-state index in [1.165, 1.54) is 0 Å². The van der Waals surface area contributed by atoms with Gasteiger partial charge < -0.3 is 10.4 Å². The summed E-state index contributed by atoms with van der Waals surface area (Å²) < 4.78 is 1.82. The molecule has 1 heterocycles. The lowest BCUT2D eigenvalue weighted by atomic mass is 9.96. The van der Waals surface area contributed by atoms with Gasteiger partial charge in [0, 0.05) is 5.25 Å². The molecular formula is C11H19N3O2S3. The van der Waals surface area contributed by atoms with Crippen LogP contribution < -0.4 is 5.32 Å². The van der Waals surface area contributed by atoms with Crippen molar-refractivity contribution in [3.8, 4) is 0 Å². The molecule has 19 heavy (non-hydrogen) atoms. The first-order valence-corrected chi connectivity index (χ1v) is 8.86. The van der Waals surface area contributed by atoms with Crippen molar-refractivity contribution in [3.05, 3.63) is 0 Å². The van der Waals surface area contributed by atoms with Crippen LogP contribution in [0.4, 0.5) is 0 Å². The van der Waals surface area contributed by atoms with Crippen LogP contribution in [0.15, 0.2) is 8.68 Å². The van der Waals surface area contributed by atoms with Gasteiger partial charge in [-0.1, -0.05) is 48.7 Å². The Hall–Kier alpha value is -0.310. The molecular weight excluding hydrogens is 302 g/mol. The molecule has 2 N–H and O–H groups in total. The van der Waals surface area contributed by atoms with Crippen LogP contribution in [0, 0.1) is 0 Å². The van der Waals surface area contributed by atoms with Crippen molar-refractivity contribution in [3.63, 3.8) is 0 Å².